The normalized spacial score (nSPS) is 11.9. The number of hydrogen-bond acceptors (Lipinski definition) is 3. The van der Waals surface area contributed by atoms with Crippen LogP contribution < -0.4 is 5.56 Å². The van der Waals surface area contributed by atoms with Crippen LogP contribution in [0, 0.1) is 6.92 Å². The third kappa shape index (κ3) is 3.33. The molecule has 0 saturated carbocycles. The molecule has 1 N–H and O–H groups in total. The highest BCUT2D eigenvalue weighted by molar-refractivity contribution is 7.17. The Morgan fingerprint density at radius 2 is 1.74 bits per heavy atom. The Kier molecular flexibility index (Phi) is 4.23. The summed E-state index contributed by atoms with van der Waals surface area (Å²) < 4.78 is 0. The van der Waals surface area contributed by atoms with Gasteiger partial charge in [-0.3, -0.25) is 4.79 Å². The third-order valence-corrected chi connectivity index (χ3v) is 5.67. The fourth-order valence-electron chi connectivity index (χ4n) is 3.24. The van der Waals surface area contributed by atoms with E-state index in [2.05, 4.69) is 50.0 Å². The van der Waals surface area contributed by atoms with Gasteiger partial charge >= 0.3 is 0 Å². The molecule has 0 spiro atoms. The summed E-state index contributed by atoms with van der Waals surface area (Å²) in [6.45, 7) is 8.63. The molecule has 0 atom stereocenters. The summed E-state index contributed by atoms with van der Waals surface area (Å²) >= 11 is 1.51. The van der Waals surface area contributed by atoms with Crippen LogP contribution in [-0.2, 0) is 5.41 Å². The number of aromatic amines is 1. The molecule has 0 aliphatic carbocycles. The molecule has 27 heavy (non-hydrogen) atoms. The first-order valence-electron chi connectivity index (χ1n) is 9.02. The molecule has 0 aliphatic heterocycles. The number of rotatable bonds is 2. The smallest absolute Gasteiger partial charge is 0.260 e. The van der Waals surface area contributed by atoms with E-state index in [1.165, 1.54) is 16.9 Å². The number of benzene rings is 2. The minimum Gasteiger partial charge on any atom is -0.306 e. The lowest BCUT2D eigenvalue weighted by Gasteiger charge is -2.19. The molecule has 4 heteroatoms. The fraction of sp³-hybridized carbons (Fsp3) is 0.217. The number of aromatic nitrogens is 2. The van der Waals surface area contributed by atoms with Crippen LogP contribution in [0.2, 0.25) is 0 Å². The Labute approximate surface area is 162 Å². The van der Waals surface area contributed by atoms with Crippen molar-refractivity contribution < 1.29 is 0 Å². The maximum atomic E-state index is 12.9. The monoisotopic (exact) mass is 374 g/mol. The van der Waals surface area contributed by atoms with Crippen molar-refractivity contribution in [2.24, 2.45) is 0 Å². The molecule has 136 valence electrons. The van der Waals surface area contributed by atoms with E-state index in [9.17, 15) is 4.79 Å². The van der Waals surface area contributed by atoms with Crippen molar-refractivity contribution in [1.82, 2.24) is 9.97 Å². The lowest BCUT2D eigenvalue weighted by molar-refractivity contribution is 0.590. The van der Waals surface area contributed by atoms with Crippen LogP contribution in [0.15, 0.2) is 58.7 Å². The minimum absolute atomic E-state index is 0.0901. The first-order valence-corrected chi connectivity index (χ1v) is 9.90. The molecule has 0 aliphatic rings. The number of fused-ring (bicyclic) bond motifs is 1. The highest BCUT2D eigenvalue weighted by Crippen LogP contribution is 2.33. The molecular formula is C23H22N2OS. The summed E-state index contributed by atoms with van der Waals surface area (Å²) in [5.74, 6) is 0.618. The van der Waals surface area contributed by atoms with Gasteiger partial charge in [0, 0.05) is 16.5 Å². The van der Waals surface area contributed by atoms with E-state index in [0.717, 1.165) is 27.1 Å². The second-order valence-corrected chi connectivity index (χ2v) is 8.80. The molecule has 0 unspecified atom stereocenters. The quantitative estimate of drug-likeness (QED) is 0.473. The third-order valence-electron chi connectivity index (χ3n) is 4.80. The van der Waals surface area contributed by atoms with Crippen molar-refractivity contribution in [2.45, 2.75) is 33.1 Å². The van der Waals surface area contributed by atoms with Crippen molar-refractivity contribution in [2.75, 3.05) is 0 Å². The first-order chi connectivity index (χ1) is 12.8. The number of aryl methyl sites for hydroxylation is 1. The van der Waals surface area contributed by atoms with E-state index in [1.54, 1.807) is 0 Å². The summed E-state index contributed by atoms with van der Waals surface area (Å²) in [6, 6.07) is 16.5. The number of nitrogens with zero attached hydrogens (tertiary/aromatic N) is 1. The summed E-state index contributed by atoms with van der Waals surface area (Å²) in [4.78, 5) is 21.3. The molecule has 2 aromatic carbocycles. The second kappa shape index (κ2) is 6.46. The summed E-state index contributed by atoms with van der Waals surface area (Å²) in [5.41, 5.74) is 5.35. The van der Waals surface area contributed by atoms with E-state index in [0.29, 0.717) is 11.2 Å². The molecule has 0 radical (unpaired) electrons. The lowest BCUT2D eigenvalue weighted by atomic mass is 9.86. The van der Waals surface area contributed by atoms with Gasteiger partial charge in [-0.1, -0.05) is 68.8 Å². The number of H-pyrrole nitrogens is 1. The fourth-order valence-corrected chi connectivity index (χ4v) is 4.19. The summed E-state index contributed by atoms with van der Waals surface area (Å²) in [7, 11) is 0. The standard InChI is InChI=1S/C23H22N2OS/c1-14-6-5-7-16(12-14)20-24-21(26)19-18(13-27-22(19)25-20)15-8-10-17(11-9-15)23(2,3)4/h5-13H,1-4H3,(H,24,25,26). The lowest BCUT2D eigenvalue weighted by Crippen LogP contribution is -2.10. The van der Waals surface area contributed by atoms with Gasteiger partial charge in [0.25, 0.3) is 5.56 Å². The topological polar surface area (TPSA) is 45.8 Å². The van der Waals surface area contributed by atoms with Gasteiger partial charge in [-0.25, -0.2) is 4.98 Å². The van der Waals surface area contributed by atoms with Gasteiger partial charge in [0.05, 0.1) is 5.39 Å². The van der Waals surface area contributed by atoms with Gasteiger partial charge in [-0.05, 0) is 29.5 Å². The Morgan fingerprint density at radius 1 is 1.00 bits per heavy atom. The van der Waals surface area contributed by atoms with Gasteiger partial charge < -0.3 is 4.98 Å². The van der Waals surface area contributed by atoms with Gasteiger partial charge in [0.15, 0.2) is 0 Å². The van der Waals surface area contributed by atoms with Crippen LogP contribution in [0.1, 0.15) is 31.9 Å². The Hall–Kier alpha value is -2.72. The van der Waals surface area contributed by atoms with Crippen molar-refractivity contribution in [3.63, 3.8) is 0 Å². The van der Waals surface area contributed by atoms with E-state index in [1.807, 2.05) is 36.6 Å². The molecule has 4 rings (SSSR count). The second-order valence-electron chi connectivity index (χ2n) is 7.94. The largest absolute Gasteiger partial charge is 0.306 e. The Morgan fingerprint density at radius 3 is 2.41 bits per heavy atom. The SMILES string of the molecule is Cc1cccc(-c2nc3scc(-c4ccc(C(C)(C)C)cc4)c3c(=O)[nH]2)c1. The summed E-state index contributed by atoms with van der Waals surface area (Å²) in [6.07, 6.45) is 0. The predicted octanol–water partition coefficient (Wildman–Crippen LogP) is 5.92. The van der Waals surface area contributed by atoms with Crippen molar-refractivity contribution >= 4 is 21.6 Å². The molecule has 3 nitrogen and oxygen atoms in total. The number of nitrogens with one attached hydrogen (secondary N) is 1. The highest BCUT2D eigenvalue weighted by Gasteiger charge is 2.16. The molecule has 0 saturated heterocycles. The van der Waals surface area contributed by atoms with E-state index < -0.39 is 0 Å². The maximum Gasteiger partial charge on any atom is 0.260 e. The summed E-state index contributed by atoms with van der Waals surface area (Å²) in [5, 5.41) is 2.69. The van der Waals surface area contributed by atoms with E-state index in [-0.39, 0.29) is 11.0 Å². The molecule has 4 aromatic rings. The van der Waals surface area contributed by atoms with E-state index >= 15 is 0 Å². The molecule has 0 amide bonds. The van der Waals surface area contributed by atoms with Gasteiger partial charge in [-0.2, -0.15) is 0 Å². The van der Waals surface area contributed by atoms with Crippen LogP contribution in [-0.4, -0.2) is 9.97 Å². The van der Waals surface area contributed by atoms with Crippen LogP contribution in [0.4, 0.5) is 0 Å². The van der Waals surface area contributed by atoms with Crippen molar-refractivity contribution in [1.29, 1.82) is 0 Å². The van der Waals surface area contributed by atoms with Crippen LogP contribution in [0.25, 0.3) is 32.7 Å². The zero-order valence-electron chi connectivity index (χ0n) is 16.0. The Bertz CT molecular complexity index is 1180. The van der Waals surface area contributed by atoms with Crippen LogP contribution in [0.3, 0.4) is 0 Å². The molecule has 0 bridgehead atoms. The zero-order chi connectivity index (χ0) is 19.2. The highest BCUT2D eigenvalue weighted by atomic mass is 32.1. The molecule has 0 fully saturated rings. The van der Waals surface area contributed by atoms with Gasteiger partial charge in [0.2, 0.25) is 0 Å². The van der Waals surface area contributed by atoms with Crippen molar-refractivity contribution in [3.8, 4) is 22.5 Å². The van der Waals surface area contributed by atoms with Crippen LogP contribution >= 0.6 is 11.3 Å². The Balaban J connectivity index is 1.82. The molecule has 2 heterocycles. The predicted molar refractivity (Wildman–Crippen MR) is 115 cm³/mol. The van der Waals surface area contributed by atoms with Gasteiger partial charge in [0.1, 0.15) is 10.7 Å². The van der Waals surface area contributed by atoms with Gasteiger partial charge in [-0.15, -0.1) is 11.3 Å². The van der Waals surface area contributed by atoms with Crippen LogP contribution in [0.5, 0.6) is 0 Å². The maximum absolute atomic E-state index is 12.9. The average Bonchev–Trinajstić information content (AvgIpc) is 3.06. The van der Waals surface area contributed by atoms with Crippen molar-refractivity contribution in [3.05, 3.63) is 75.4 Å². The molecular weight excluding hydrogens is 352 g/mol. The first kappa shape index (κ1) is 17.7. The average molecular weight is 375 g/mol. The number of hydrogen-bond donors (Lipinski definition) is 1. The molecule has 2 aromatic heterocycles. The minimum atomic E-state index is -0.0901. The van der Waals surface area contributed by atoms with E-state index in [4.69, 9.17) is 4.98 Å². The zero-order valence-corrected chi connectivity index (χ0v) is 16.8. The number of thiophene rings is 1.